The maximum absolute atomic E-state index is 12.5. The third kappa shape index (κ3) is 3.20. The lowest BCUT2D eigenvalue weighted by atomic mass is 9.87. The molecule has 1 aromatic heterocycles. The van der Waals surface area contributed by atoms with Crippen LogP contribution in [0.25, 0.3) is 10.2 Å². The van der Waals surface area contributed by atoms with Gasteiger partial charge in [0.05, 0.1) is 10.2 Å². The van der Waals surface area contributed by atoms with Crippen LogP contribution in [0.1, 0.15) is 47.8 Å². The van der Waals surface area contributed by atoms with Crippen molar-refractivity contribution in [3.8, 4) is 0 Å². The summed E-state index contributed by atoms with van der Waals surface area (Å²) in [6.07, 6.45) is 0. The molecular formula is C20H22N2OS. The third-order valence-electron chi connectivity index (χ3n) is 4.32. The number of carbonyl (C=O) groups is 1. The Kier molecular flexibility index (Phi) is 4.18. The van der Waals surface area contributed by atoms with Gasteiger partial charge in [-0.3, -0.25) is 10.1 Å². The number of aryl methyl sites for hydroxylation is 2. The largest absolute Gasteiger partial charge is 0.298 e. The zero-order valence-electron chi connectivity index (χ0n) is 14.7. The maximum atomic E-state index is 12.5. The highest BCUT2D eigenvalue weighted by Gasteiger charge is 2.15. The minimum Gasteiger partial charge on any atom is -0.298 e. The first kappa shape index (κ1) is 16.7. The molecule has 124 valence electrons. The number of benzene rings is 2. The number of amides is 1. The minimum absolute atomic E-state index is 0.0808. The van der Waals surface area contributed by atoms with Gasteiger partial charge < -0.3 is 0 Å². The lowest BCUT2D eigenvalue weighted by molar-refractivity contribution is 0.102. The second-order valence-electron chi connectivity index (χ2n) is 7.15. The van der Waals surface area contributed by atoms with Crippen molar-refractivity contribution >= 4 is 32.6 Å². The van der Waals surface area contributed by atoms with Crippen molar-refractivity contribution in [3.63, 3.8) is 0 Å². The summed E-state index contributed by atoms with van der Waals surface area (Å²) in [5.74, 6) is -0.121. The molecule has 0 aliphatic heterocycles. The molecule has 0 aliphatic rings. The molecule has 0 atom stereocenters. The standard InChI is InChI=1S/C20H22N2OS/c1-12-6-11-16-17(13(12)2)21-19(24-16)22-18(23)14-7-9-15(10-8-14)20(3,4)5/h6-11H,1-5H3,(H,21,22,23). The van der Waals surface area contributed by atoms with Gasteiger partial charge in [-0.15, -0.1) is 0 Å². The molecule has 0 saturated heterocycles. The fourth-order valence-electron chi connectivity index (χ4n) is 2.57. The van der Waals surface area contributed by atoms with Gasteiger partial charge in [-0.1, -0.05) is 50.3 Å². The highest BCUT2D eigenvalue weighted by molar-refractivity contribution is 7.22. The minimum atomic E-state index is -0.121. The first-order chi connectivity index (χ1) is 11.3. The van der Waals surface area contributed by atoms with Crippen molar-refractivity contribution in [2.75, 3.05) is 5.32 Å². The number of fused-ring (bicyclic) bond motifs is 1. The van der Waals surface area contributed by atoms with Gasteiger partial charge in [-0.25, -0.2) is 4.98 Å². The summed E-state index contributed by atoms with van der Waals surface area (Å²) in [5, 5.41) is 3.56. The van der Waals surface area contributed by atoms with E-state index in [-0.39, 0.29) is 11.3 Å². The van der Waals surface area contributed by atoms with E-state index in [9.17, 15) is 4.79 Å². The summed E-state index contributed by atoms with van der Waals surface area (Å²) < 4.78 is 1.09. The fraction of sp³-hybridized carbons (Fsp3) is 0.300. The number of aromatic nitrogens is 1. The molecule has 0 fully saturated rings. The average Bonchev–Trinajstić information content (AvgIpc) is 2.94. The third-order valence-corrected chi connectivity index (χ3v) is 5.25. The van der Waals surface area contributed by atoms with Gasteiger partial charge in [0.1, 0.15) is 0 Å². The molecule has 24 heavy (non-hydrogen) atoms. The molecule has 0 spiro atoms. The van der Waals surface area contributed by atoms with Crippen LogP contribution in [0.5, 0.6) is 0 Å². The summed E-state index contributed by atoms with van der Waals surface area (Å²) >= 11 is 1.51. The Hall–Kier alpha value is -2.20. The Balaban J connectivity index is 1.83. The Morgan fingerprint density at radius 1 is 1.04 bits per heavy atom. The molecule has 0 bridgehead atoms. The van der Waals surface area contributed by atoms with E-state index in [1.165, 1.54) is 28.0 Å². The van der Waals surface area contributed by atoms with E-state index in [0.717, 1.165) is 10.2 Å². The van der Waals surface area contributed by atoms with E-state index < -0.39 is 0 Å². The van der Waals surface area contributed by atoms with Crippen molar-refractivity contribution in [2.24, 2.45) is 0 Å². The van der Waals surface area contributed by atoms with Crippen molar-refractivity contribution in [3.05, 3.63) is 58.7 Å². The van der Waals surface area contributed by atoms with Crippen molar-refractivity contribution in [1.82, 2.24) is 4.98 Å². The lowest BCUT2D eigenvalue weighted by Crippen LogP contribution is -2.14. The Labute approximate surface area is 146 Å². The van der Waals surface area contributed by atoms with Crippen molar-refractivity contribution < 1.29 is 4.79 Å². The quantitative estimate of drug-likeness (QED) is 0.674. The normalized spacial score (nSPS) is 11.7. The average molecular weight is 338 g/mol. The van der Waals surface area contributed by atoms with Crippen LogP contribution in [-0.4, -0.2) is 10.9 Å². The van der Waals surface area contributed by atoms with Gasteiger partial charge in [0, 0.05) is 5.56 Å². The topological polar surface area (TPSA) is 42.0 Å². The first-order valence-electron chi connectivity index (χ1n) is 8.04. The summed E-state index contributed by atoms with van der Waals surface area (Å²) in [4.78, 5) is 17.0. The number of anilines is 1. The van der Waals surface area contributed by atoms with E-state index >= 15 is 0 Å². The number of hydrogen-bond donors (Lipinski definition) is 1. The van der Waals surface area contributed by atoms with E-state index in [1.54, 1.807) is 0 Å². The van der Waals surface area contributed by atoms with E-state index in [4.69, 9.17) is 0 Å². The van der Waals surface area contributed by atoms with Gasteiger partial charge in [0.15, 0.2) is 5.13 Å². The molecule has 4 heteroatoms. The molecule has 0 radical (unpaired) electrons. The molecule has 3 nitrogen and oxygen atoms in total. The van der Waals surface area contributed by atoms with E-state index in [2.05, 4.69) is 57.1 Å². The Morgan fingerprint density at radius 3 is 2.33 bits per heavy atom. The van der Waals surface area contributed by atoms with Crippen LogP contribution < -0.4 is 5.32 Å². The number of nitrogens with zero attached hydrogens (tertiary/aromatic N) is 1. The second-order valence-corrected chi connectivity index (χ2v) is 8.19. The number of rotatable bonds is 2. The zero-order valence-corrected chi connectivity index (χ0v) is 15.5. The molecular weight excluding hydrogens is 316 g/mol. The molecule has 2 aromatic carbocycles. The lowest BCUT2D eigenvalue weighted by Gasteiger charge is -2.18. The Morgan fingerprint density at radius 2 is 1.71 bits per heavy atom. The monoisotopic (exact) mass is 338 g/mol. The molecule has 1 N–H and O–H groups in total. The van der Waals surface area contributed by atoms with Crippen LogP contribution in [0.15, 0.2) is 36.4 Å². The fourth-order valence-corrected chi connectivity index (χ4v) is 3.49. The molecule has 0 saturated carbocycles. The van der Waals surface area contributed by atoms with Crippen LogP contribution in [0.3, 0.4) is 0 Å². The van der Waals surface area contributed by atoms with Gasteiger partial charge in [-0.2, -0.15) is 0 Å². The van der Waals surface area contributed by atoms with Crippen LogP contribution in [0, 0.1) is 13.8 Å². The maximum Gasteiger partial charge on any atom is 0.257 e. The highest BCUT2D eigenvalue weighted by Crippen LogP contribution is 2.30. The number of nitrogens with one attached hydrogen (secondary N) is 1. The van der Waals surface area contributed by atoms with Crippen LogP contribution in [0.4, 0.5) is 5.13 Å². The van der Waals surface area contributed by atoms with Crippen molar-refractivity contribution in [1.29, 1.82) is 0 Å². The molecule has 1 heterocycles. The number of hydrogen-bond acceptors (Lipinski definition) is 3. The zero-order chi connectivity index (χ0) is 17.5. The van der Waals surface area contributed by atoms with Crippen LogP contribution >= 0.6 is 11.3 Å². The predicted octanol–water partition coefficient (Wildman–Crippen LogP) is 5.46. The van der Waals surface area contributed by atoms with E-state index in [1.807, 2.05) is 24.3 Å². The molecule has 0 unspecified atom stereocenters. The number of carbonyl (C=O) groups excluding carboxylic acids is 1. The smallest absolute Gasteiger partial charge is 0.257 e. The first-order valence-corrected chi connectivity index (χ1v) is 8.86. The summed E-state index contributed by atoms with van der Waals surface area (Å²) in [7, 11) is 0. The summed E-state index contributed by atoms with van der Waals surface area (Å²) in [6.45, 7) is 10.6. The van der Waals surface area contributed by atoms with E-state index in [0.29, 0.717) is 10.7 Å². The van der Waals surface area contributed by atoms with Crippen LogP contribution in [0.2, 0.25) is 0 Å². The second kappa shape index (κ2) is 6.02. The van der Waals surface area contributed by atoms with Gasteiger partial charge in [0.25, 0.3) is 5.91 Å². The van der Waals surface area contributed by atoms with Gasteiger partial charge in [-0.05, 0) is 54.2 Å². The molecule has 1 amide bonds. The number of thiazole rings is 1. The Bertz CT molecular complexity index is 902. The van der Waals surface area contributed by atoms with Gasteiger partial charge in [0.2, 0.25) is 0 Å². The predicted molar refractivity (Wildman–Crippen MR) is 102 cm³/mol. The summed E-state index contributed by atoms with van der Waals surface area (Å²) in [6, 6.07) is 11.9. The van der Waals surface area contributed by atoms with Crippen molar-refractivity contribution in [2.45, 2.75) is 40.0 Å². The highest BCUT2D eigenvalue weighted by atomic mass is 32.1. The molecule has 0 aliphatic carbocycles. The molecule has 3 aromatic rings. The van der Waals surface area contributed by atoms with Gasteiger partial charge >= 0.3 is 0 Å². The van der Waals surface area contributed by atoms with Crippen LogP contribution in [-0.2, 0) is 5.41 Å². The molecule has 3 rings (SSSR count). The SMILES string of the molecule is Cc1ccc2sc(NC(=O)c3ccc(C(C)(C)C)cc3)nc2c1C. The summed E-state index contributed by atoms with van der Waals surface area (Å²) in [5.41, 5.74) is 5.29.